The predicted octanol–water partition coefficient (Wildman–Crippen LogP) is 0.964. The molecule has 0 atom stereocenters. The fourth-order valence-electron chi connectivity index (χ4n) is 0.185. The van der Waals surface area contributed by atoms with Gasteiger partial charge in [0.2, 0.25) is 0 Å². The number of hydrogen-bond donors (Lipinski definition) is 0. The van der Waals surface area contributed by atoms with Crippen LogP contribution in [0.4, 0.5) is 4.79 Å². The molecule has 1 radical (unpaired) electrons. The summed E-state index contributed by atoms with van der Waals surface area (Å²) in [7, 11) is 0. The topological polar surface area (TPSA) is 46.2 Å². The molecule has 0 unspecified atom stereocenters. The average molecular weight is 103 g/mol. The van der Waals surface area contributed by atoms with Crippen molar-refractivity contribution in [3.8, 4) is 0 Å². The van der Waals surface area contributed by atoms with Crippen LogP contribution in [0.15, 0.2) is 0 Å². The molecule has 0 aromatic heterocycles. The third kappa shape index (κ3) is 5.27. The quantitative estimate of drug-likeness (QED) is 0.488. The normalized spacial score (nSPS) is 8.14. The van der Waals surface area contributed by atoms with E-state index in [9.17, 15) is 9.90 Å². The van der Waals surface area contributed by atoms with E-state index in [0.717, 1.165) is 0 Å². The lowest BCUT2D eigenvalue weighted by Gasteiger charge is -1.89. The third-order valence-electron chi connectivity index (χ3n) is 0.424. The molecule has 0 N–H and O–H groups in total. The van der Waals surface area contributed by atoms with Crippen molar-refractivity contribution in [1.29, 1.82) is 0 Å². The van der Waals surface area contributed by atoms with Gasteiger partial charge in [-0.15, -0.1) is 0 Å². The van der Waals surface area contributed by atoms with Crippen LogP contribution in [-0.2, 0) is 9.84 Å². The molecule has 0 aromatic rings. The fourth-order valence-corrected chi connectivity index (χ4v) is 0.185. The van der Waals surface area contributed by atoms with Gasteiger partial charge in [0.15, 0.2) is 0 Å². The maximum atomic E-state index is 9.42. The maximum Gasteiger partial charge on any atom is 0.549 e. The van der Waals surface area contributed by atoms with Gasteiger partial charge in [-0.05, 0) is 6.42 Å². The lowest BCUT2D eigenvalue weighted by Crippen LogP contribution is -1.97. The van der Waals surface area contributed by atoms with Crippen molar-refractivity contribution in [2.45, 2.75) is 13.3 Å². The molecule has 0 saturated heterocycles. The molecule has 0 heterocycles. The standard InChI is InChI=1S/C4H7O3/c1-2-3-7-4(5)6/h2-3H2,1H3. The fraction of sp³-hybridized carbons (Fsp3) is 0.750. The van der Waals surface area contributed by atoms with E-state index in [1.165, 1.54) is 0 Å². The van der Waals surface area contributed by atoms with Gasteiger partial charge >= 0.3 is 6.16 Å². The molecular formula is C4H7O3. The molecule has 0 aliphatic heterocycles. The highest BCUT2D eigenvalue weighted by atomic mass is 16.7. The van der Waals surface area contributed by atoms with Crippen LogP contribution in [0.2, 0.25) is 0 Å². The zero-order valence-electron chi connectivity index (χ0n) is 4.14. The summed E-state index contributed by atoms with van der Waals surface area (Å²) < 4.78 is 4.00. The Morgan fingerprint density at radius 1 is 1.71 bits per heavy atom. The summed E-state index contributed by atoms with van der Waals surface area (Å²) in [5, 5.41) is 9.42. The maximum absolute atomic E-state index is 9.42. The number of rotatable bonds is 2. The molecule has 0 aliphatic carbocycles. The first-order valence-electron chi connectivity index (χ1n) is 2.11. The van der Waals surface area contributed by atoms with Gasteiger partial charge in [0, 0.05) is 0 Å². The van der Waals surface area contributed by atoms with Gasteiger partial charge in [-0.1, -0.05) is 6.92 Å². The molecule has 0 fully saturated rings. The molecular weight excluding hydrogens is 96.0 g/mol. The van der Waals surface area contributed by atoms with Gasteiger partial charge in [-0.2, -0.15) is 9.90 Å². The second kappa shape index (κ2) is 3.46. The van der Waals surface area contributed by atoms with Gasteiger partial charge in [-0.25, -0.2) is 0 Å². The summed E-state index contributed by atoms with van der Waals surface area (Å²) in [6.45, 7) is 2.06. The molecule has 7 heavy (non-hydrogen) atoms. The Labute approximate surface area is 41.9 Å². The van der Waals surface area contributed by atoms with Crippen molar-refractivity contribution < 1.29 is 14.6 Å². The van der Waals surface area contributed by atoms with E-state index in [-0.39, 0.29) is 6.61 Å². The lowest BCUT2D eigenvalue weighted by atomic mass is 10.5. The van der Waals surface area contributed by atoms with Crippen LogP contribution >= 0.6 is 0 Å². The first kappa shape index (κ1) is 6.27. The van der Waals surface area contributed by atoms with Crippen LogP contribution in [-0.4, -0.2) is 12.8 Å². The minimum Gasteiger partial charge on any atom is -0.432 e. The van der Waals surface area contributed by atoms with Gasteiger partial charge in [-0.3, -0.25) is 0 Å². The molecule has 3 heteroatoms. The van der Waals surface area contributed by atoms with Crippen molar-refractivity contribution in [1.82, 2.24) is 0 Å². The van der Waals surface area contributed by atoms with E-state index in [2.05, 4.69) is 4.74 Å². The monoisotopic (exact) mass is 103 g/mol. The summed E-state index contributed by atoms with van der Waals surface area (Å²) in [5.74, 6) is 0. The van der Waals surface area contributed by atoms with Crippen molar-refractivity contribution in [2.24, 2.45) is 0 Å². The summed E-state index contributed by atoms with van der Waals surface area (Å²) in [6, 6.07) is 0. The molecule has 0 rings (SSSR count). The SMILES string of the molecule is CCCOC([O])=O. The van der Waals surface area contributed by atoms with Gasteiger partial charge in [0.1, 0.15) is 0 Å². The largest absolute Gasteiger partial charge is 0.549 e. The van der Waals surface area contributed by atoms with Crippen LogP contribution in [0.25, 0.3) is 0 Å². The average Bonchev–Trinajstić information content (AvgIpc) is 1.61. The molecule has 41 valence electrons. The minimum atomic E-state index is -1.44. The summed E-state index contributed by atoms with van der Waals surface area (Å²) in [5.41, 5.74) is 0. The highest BCUT2D eigenvalue weighted by Crippen LogP contribution is 1.79. The van der Waals surface area contributed by atoms with Gasteiger partial charge in [0.25, 0.3) is 0 Å². The molecule has 0 aliphatic rings. The predicted molar refractivity (Wildman–Crippen MR) is 22.3 cm³/mol. The molecule has 0 amide bonds. The number of carbonyl (C=O) groups excluding carboxylic acids is 1. The number of carbonyl (C=O) groups is 1. The lowest BCUT2D eigenvalue weighted by molar-refractivity contribution is 0.0679. The van der Waals surface area contributed by atoms with E-state index < -0.39 is 6.16 Å². The molecule has 0 bridgehead atoms. The zero-order valence-corrected chi connectivity index (χ0v) is 4.14. The van der Waals surface area contributed by atoms with Crippen molar-refractivity contribution in [2.75, 3.05) is 6.61 Å². The minimum absolute atomic E-state index is 0.238. The van der Waals surface area contributed by atoms with Crippen LogP contribution in [0.3, 0.4) is 0 Å². The second-order valence-corrected chi connectivity index (χ2v) is 1.10. The van der Waals surface area contributed by atoms with Crippen LogP contribution in [0.5, 0.6) is 0 Å². The number of ether oxygens (including phenoxy) is 1. The van der Waals surface area contributed by atoms with Crippen molar-refractivity contribution >= 4 is 6.16 Å². The molecule has 0 saturated carbocycles. The van der Waals surface area contributed by atoms with Gasteiger partial charge in [0.05, 0.1) is 6.61 Å². The van der Waals surface area contributed by atoms with E-state index >= 15 is 0 Å². The van der Waals surface area contributed by atoms with Crippen LogP contribution in [0, 0.1) is 0 Å². The van der Waals surface area contributed by atoms with Crippen LogP contribution in [0.1, 0.15) is 13.3 Å². The summed E-state index contributed by atoms with van der Waals surface area (Å²) >= 11 is 0. The molecule has 0 aromatic carbocycles. The first-order valence-corrected chi connectivity index (χ1v) is 2.11. The highest BCUT2D eigenvalue weighted by molar-refractivity contribution is 5.56. The molecule has 3 nitrogen and oxygen atoms in total. The van der Waals surface area contributed by atoms with E-state index in [1.807, 2.05) is 6.92 Å². The number of hydrogen-bond acceptors (Lipinski definition) is 2. The zero-order chi connectivity index (χ0) is 5.70. The summed E-state index contributed by atoms with van der Waals surface area (Å²) in [6.07, 6.45) is -0.740. The Bertz CT molecular complexity index is 60.0. The second-order valence-electron chi connectivity index (χ2n) is 1.10. The third-order valence-corrected chi connectivity index (χ3v) is 0.424. The highest BCUT2D eigenvalue weighted by Gasteiger charge is 1.93. The Kier molecular flexibility index (Phi) is 3.10. The summed E-state index contributed by atoms with van der Waals surface area (Å²) in [4.78, 5) is 9.42. The Morgan fingerprint density at radius 3 is 2.43 bits per heavy atom. The molecule has 0 spiro atoms. The van der Waals surface area contributed by atoms with Crippen LogP contribution < -0.4 is 0 Å². The van der Waals surface area contributed by atoms with Crippen molar-refractivity contribution in [3.63, 3.8) is 0 Å². The smallest absolute Gasteiger partial charge is 0.432 e. The van der Waals surface area contributed by atoms with Crippen molar-refractivity contribution in [3.05, 3.63) is 0 Å². The Hall–Kier alpha value is -0.730. The van der Waals surface area contributed by atoms with Gasteiger partial charge < -0.3 is 4.74 Å². The Morgan fingerprint density at radius 2 is 2.29 bits per heavy atom. The Balaban J connectivity index is 2.82. The first-order chi connectivity index (χ1) is 3.27. The van der Waals surface area contributed by atoms with E-state index in [4.69, 9.17) is 0 Å². The van der Waals surface area contributed by atoms with E-state index in [1.54, 1.807) is 0 Å². The van der Waals surface area contributed by atoms with E-state index in [0.29, 0.717) is 6.42 Å².